The highest BCUT2D eigenvalue weighted by Crippen LogP contribution is 2.17. The predicted octanol–water partition coefficient (Wildman–Crippen LogP) is 3.72. The van der Waals surface area contributed by atoms with Crippen molar-refractivity contribution in [2.45, 2.75) is 25.8 Å². The second-order valence-electron chi connectivity index (χ2n) is 4.47. The normalized spacial score (nSPS) is 11.8. The van der Waals surface area contributed by atoms with Crippen LogP contribution in [0, 0.1) is 17.1 Å². The molecule has 0 spiro atoms. The summed E-state index contributed by atoms with van der Waals surface area (Å²) in [5.74, 6) is 0.526. The summed E-state index contributed by atoms with van der Waals surface area (Å²) in [5.41, 5.74) is 0.747. The SMILES string of the molecule is CC(CCc1ccco1)Nc1ccc(C#N)cc1F. The third kappa shape index (κ3) is 3.59. The number of benzene rings is 1. The zero-order valence-electron chi connectivity index (χ0n) is 10.7. The summed E-state index contributed by atoms with van der Waals surface area (Å²) < 4.78 is 18.9. The highest BCUT2D eigenvalue weighted by atomic mass is 19.1. The minimum Gasteiger partial charge on any atom is -0.469 e. The minimum atomic E-state index is -0.399. The van der Waals surface area contributed by atoms with E-state index in [0.29, 0.717) is 11.3 Å². The third-order valence-corrected chi connectivity index (χ3v) is 2.90. The molecule has 3 nitrogen and oxygen atoms in total. The quantitative estimate of drug-likeness (QED) is 0.889. The van der Waals surface area contributed by atoms with E-state index in [4.69, 9.17) is 9.68 Å². The van der Waals surface area contributed by atoms with Crippen molar-refractivity contribution in [3.63, 3.8) is 0 Å². The van der Waals surface area contributed by atoms with Gasteiger partial charge >= 0.3 is 0 Å². The van der Waals surface area contributed by atoms with Crippen molar-refractivity contribution in [3.8, 4) is 6.07 Å². The Labute approximate surface area is 111 Å². The molecule has 0 saturated carbocycles. The van der Waals surface area contributed by atoms with Crippen LogP contribution in [-0.2, 0) is 6.42 Å². The maximum Gasteiger partial charge on any atom is 0.147 e. The van der Waals surface area contributed by atoms with E-state index < -0.39 is 5.82 Å². The molecule has 98 valence electrons. The molecule has 0 bridgehead atoms. The molecule has 0 radical (unpaired) electrons. The summed E-state index contributed by atoms with van der Waals surface area (Å²) >= 11 is 0. The summed E-state index contributed by atoms with van der Waals surface area (Å²) in [6.45, 7) is 1.99. The van der Waals surface area contributed by atoms with Crippen molar-refractivity contribution >= 4 is 5.69 Å². The number of furan rings is 1. The molecule has 0 fully saturated rings. The maximum atomic E-state index is 13.7. The van der Waals surface area contributed by atoms with Crippen molar-refractivity contribution in [2.75, 3.05) is 5.32 Å². The number of hydrogen-bond donors (Lipinski definition) is 1. The second-order valence-corrected chi connectivity index (χ2v) is 4.47. The van der Waals surface area contributed by atoms with Crippen molar-refractivity contribution in [3.05, 3.63) is 53.7 Å². The monoisotopic (exact) mass is 258 g/mol. The fourth-order valence-electron chi connectivity index (χ4n) is 1.85. The zero-order valence-corrected chi connectivity index (χ0v) is 10.7. The van der Waals surface area contributed by atoms with E-state index in [1.807, 2.05) is 25.1 Å². The van der Waals surface area contributed by atoms with E-state index in [1.165, 1.54) is 6.07 Å². The second kappa shape index (κ2) is 6.05. The van der Waals surface area contributed by atoms with E-state index in [0.717, 1.165) is 18.6 Å². The summed E-state index contributed by atoms with van der Waals surface area (Å²) in [6.07, 6.45) is 3.29. The third-order valence-electron chi connectivity index (χ3n) is 2.90. The van der Waals surface area contributed by atoms with Gasteiger partial charge in [-0.1, -0.05) is 0 Å². The van der Waals surface area contributed by atoms with Gasteiger partial charge in [0.05, 0.1) is 23.6 Å². The van der Waals surface area contributed by atoms with Gasteiger partial charge in [0.15, 0.2) is 0 Å². The van der Waals surface area contributed by atoms with Crippen LogP contribution in [0.25, 0.3) is 0 Å². The molecule has 1 unspecified atom stereocenters. The highest BCUT2D eigenvalue weighted by Gasteiger charge is 2.08. The Morgan fingerprint density at radius 1 is 1.42 bits per heavy atom. The van der Waals surface area contributed by atoms with Crippen LogP contribution in [0.15, 0.2) is 41.0 Å². The smallest absolute Gasteiger partial charge is 0.147 e. The van der Waals surface area contributed by atoms with Crippen molar-refractivity contribution in [1.29, 1.82) is 5.26 Å². The summed E-state index contributed by atoms with van der Waals surface area (Å²) in [7, 11) is 0. The maximum absolute atomic E-state index is 13.7. The number of nitrogens with zero attached hydrogens (tertiary/aromatic N) is 1. The van der Waals surface area contributed by atoms with E-state index in [1.54, 1.807) is 18.4 Å². The lowest BCUT2D eigenvalue weighted by atomic mass is 10.1. The van der Waals surface area contributed by atoms with Gasteiger partial charge in [0, 0.05) is 12.5 Å². The first kappa shape index (κ1) is 13.2. The highest BCUT2D eigenvalue weighted by molar-refractivity contribution is 5.49. The van der Waals surface area contributed by atoms with Gasteiger partial charge in [-0.2, -0.15) is 5.26 Å². The molecule has 1 N–H and O–H groups in total. The molecule has 0 saturated heterocycles. The fourth-order valence-corrected chi connectivity index (χ4v) is 1.85. The molecule has 2 aromatic rings. The number of anilines is 1. The molecule has 1 aromatic carbocycles. The molecule has 2 rings (SSSR count). The number of rotatable bonds is 5. The Morgan fingerprint density at radius 2 is 2.26 bits per heavy atom. The molecule has 1 aromatic heterocycles. The van der Waals surface area contributed by atoms with Crippen molar-refractivity contribution in [2.24, 2.45) is 0 Å². The van der Waals surface area contributed by atoms with Crippen LogP contribution in [0.1, 0.15) is 24.7 Å². The fraction of sp³-hybridized carbons (Fsp3) is 0.267. The van der Waals surface area contributed by atoms with Crippen LogP contribution in [0.2, 0.25) is 0 Å². The van der Waals surface area contributed by atoms with Gasteiger partial charge in [-0.3, -0.25) is 0 Å². The molecule has 0 amide bonds. The largest absolute Gasteiger partial charge is 0.469 e. The molecule has 1 atom stereocenters. The minimum absolute atomic E-state index is 0.118. The van der Waals surface area contributed by atoms with Gasteiger partial charge in [0.2, 0.25) is 0 Å². The van der Waals surface area contributed by atoms with E-state index in [2.05, 4.69) is 5.32 Å². The first-order valence-corrected chi connectivity index (χ1v) is 6.17. The van der Waals surface area contributed by atoms with Gasteiger partial charge in [0.1, 0.15) is 11.6 Å². The summed E-state index contributed by atoms with van der Waals surface area (Å²) in [5, 5.41) is 11.8. The number of hydrogen-bond acceptors (Lipinski definition) is 3. The first-order valence-electron chi connectivity index (χ1n) is 6.17. The Balaban J connectivity index is 1.91. The van der Waals surface area contributed by atoms with Gasteiger partial charge in [0.25, 0.3) is 0 Å². The van der Waals surface area contributed by atoms with Gasteiger partial charge in [-0.15, -0.1) is 0 Å². The molecule has 4 heteroatoms. The van der Waals surface area contributed by atoms with Crippen LogP contribution < -0.4 is 5.32 Å². The van der Waals surface area contributed by atoms with E-state index in [-0.39, 0.29) is 6.04 Å². The van der Waals surface area contributed by atoms with Crippen molar-refractivity contribution < 1.29 is 8.81 Å². The average Bonchev–Trinajstić information content (AvgIpc) is 2.92. The topological polar surface area (TPSA) is 49.0 Å². The molecule has 0 aliphatic heterocycles. The van der Waals surface area contributed by atoms with Crippen LogP contribution >= 0.6 is 0 Å². The Hall–Kier alpha value is -2.28. The molecular formula is C15H15FN2O. The summed E-state index contributed by atoms with van der Waals surface area (Å²) in [6, 6.07) is 10.2. The van der Waals surface area contributed by atoms with Crippen LogP contribution in [0.3, 0.4) is 0 Å². The van der Waals surface area contributed by atoms with E-state index in [9.17, 15) is 4.39 Å². The first-order chi connectivity index (χ1) is 9.19. The standard InChI is InChI=1S/C15H15FN2O/c1-11(4-6-13-3-2-8-19-13)18-15-7-5-12(10-17)9-14(15)16/h2-3,5,7-9,11,18H,4,6H2,1H3. The molecule has 0 aliphatic rings. The predicted molar refractivity (Wildman–Crippen MR) is 71.2 cm³/mol. The van der Waals surface area contributed by atoms with Crippen molar-refractivity contribution in [1.82, 2.24) is 0 Å². The van der Waals surface area contributed by atoms with E-state index >= 15 is 0 Å². The molecule has 0 aliphatic carbocycles. The Morgan fingerprint density at radius 3 is 2.89 bits per heavy atom. The number of halogens is 1. The number of nitriles is 1. The molecule has 19 heavy (non-hydrogen) atoms. The summed E-state index contributed by atoms with van der Waals surface area (Å²) in [4.78, 5) is 0. The Bertz CT molecular complexity index is 572. The lowest BCUT2D eigenvalue weighted by Crippen LogP contribution is -2.16. The van der Waals surface area contributed by atoms with Crippen LogP contribution in [0.4, 0.5) is 10.1 Å². The van der Waals surface area contributed by atoms with Gasteiger partial charge in [-0.05, 0) is 43.7 Å². The molecular weight excluding hydrogens is 243 g/mol. The van der Waals surface area contributed by atoms with Gasteiger partial charge < -0.3 is 9.73 Å². The molecule has 1 heterocycles. The van der Waals surface area contributed by atoms with Gasteiger partial charge in [-0.25, -0.2) is 4.39 Å². The Kier molecular flexibility index (Phi) is 4.19. The number of aryl methyl sites for hydroxylation is 1. The van der Waals surface area contributed by atoms with Crippen LogP contribution in [0.5, 0.6) is 0 Å². The lowest BCUT2D eigenvalue weighted by Gasteiger charge is -2.15. The van der Waals surface area contributed by atoms with Crippen LogP contribution in [-0.4, -0.2) is 6.04 Å². The number of nitrogens with one attached hydrogen (secondary N) is 1. The zero-order chi connectivity index (χ0) is 13.7. The average molecular weight is 258 g/mol. The lowest BCUT2D eigenvalue weighted by molar-refractivity contribution is 0.494.